The first-order chi connectivity index (χ1) is 15.2. The Labute approximate surface area is 183 Å². The van der Waals surface area contributed by atoms with Gasteiger partial charge in [-0.15, -0.1) is 6.42 Å². The summed E-state index contributed by atoms with van der Waals surface area (Å²) >= 11 is 0. The van der Waals surface area contributed by atoms with Crippen molar-refractivity contribution in [1.82, 2.24) is 5.32 Å². The minimum atomic E-state index is -0.246. The third kappa shape index (κ3) is 4.15. The van der Waals surface area contributed by atoms with Crippen LogP contribution in [0.25, 0.3) is 5.57 Å². The van der Waals surface area contributed by atoms with Crippen LogP contribution < -0.4 is 11.1 Å². The number of nitrogens with two attached hydrogens (primary N) is 1. The average molecular weight is 404 g/mol. The standard InChI is InChI=1S/C28H25N3/c1-2-24(21-14-15-22(18-29)27(30)17-21)25-12-6-7-13-26(25)28(20-9-4-3-5-10-20)23-11-8-16-31-19-23/h1,3-9,11-18,24,29,31H,10,19,30H2/b28-20-,29-18?. The Morgan fingerprint density at radius 2 is 2.03 bits per heavy atom. The summed E-state index contributed by atoms with van der Waals surface area (Å²) < 4.78 is 0. The highest BCUT2D eigenvalue weighted by atomic mass is 14.8. The second kappa shape index (κ2) is 9.19. The van der Waals surface area contributed by atoms with Gasteiger partial charge in [-0.25, -0.2) is 0 Å². The van der Waals surface area contributed by atoms with Crippen molar-refractivity contribution in [1.29, 1.82) is 5.41 Å². The molecule has 31 heavy (non-hydrogen) atoms. The molecule has 1 atom stereocenters. The first-order valence-electron chi connectivity index (χ1n) is 10.3. The molecule has 1 aliphatic heterocycles. The zero-order chi connectivity index (χ0) is 21.6. The van der Waals surface area contributed by atoms with Gasteiger partial charge in [0, 0.05) is 24.0 Å². The van der Waals surface area contributed by atoms with E-state index in [1.54, 1.807) is 0 Å². The Kier molecular flexibility index (Phi) is 6.01. The van der Waals surface area contributed by atoms with Crippen LogP contribution >= 0.6 is 0 Å². The van der Waals surface area contributed by atoms with Crippen molar-refractivity contribution in [2.24, 2.45) is 0 Å². The maximum absolute atomic E-state index is 7.51. The summed E-state index contributed by atoms with van der Waals surface area (Å²) in [6, 6.07) is 14.1. The van der Waals surface area contributed by atoms with Crippen molar-refractivity contribution < 1.29 is 0 Å². The number of allylic oxidation sites excluding steroid dienone is 7. The third-order valence-corrected chi connectivity index (χ3v) is 5.64. The number of nitrogen functional groups attached to an aromatic ring is 1. The zero-order valence-electron chi connectivity index (χ0n) is 17.3. The van der Waals surface area contributed by atoms with Gasteiger partial charge < -0.3 is 16.5 Å². The fourth-order valence-corrected chi connectivity index (χ4v) is 4.13. The van der Waals surface area contributed by atoms with E-state index in [1.165, 1.54) is 22.9 Å². The summed E-state index contributed by atoms with van der Waals surface area (Å²) in [5.74, 6) is 2.74. The first-order valence-corrected chi connectivity index (χ1v) is 10.3. The van der Waals surface area contributed by atoms with Crippen molar-refractivity contribution >= 4 is 17.5 Å². The SMILES string of the molecule is C#CC(c1ccc(C=N)c(N)c1)c1ccccc1/C(C1=CC=CNC1)=C1/C=CC=CC1. The fraction of sp³-hybridized carbons (Fsp3) is 0.107. The summed E-state index contributed by atoms with van der Waals surface area (Å²) in [5.41, 5.74) is 14.3. The van der Waals surface area contributed by atoms with Gasteiger partial charge in [0.05, 0.1) is 5.92 Å². The lowest BCUT2D eigenvalue weighted by Gasteiger charge is -2.24. The second-order valence-corrected chi connectivity index (χ2v) is 7.54. The molecule has 0 saturated carbocycles. The van der Waals surface area contributed by atoms with Crippen molar-refractivity contribution in [2.45, 2.75) is 12.3 Å². The van der Waals surface area contributed by atoms with Gasteiger partial charge >= 0.3 is 0 Å². The van der Waals surface area contributed by atoms with E-state index < -0.39 is 0 Å². The molecule has 3 nitrogen and oxygen atoms in total. The number of rotatable bonds is 5. The maximum atomic E-state index is 7.51. The fourth-order valence-electron chi connectivity index (χ4n) is 4.13. The van der Waals surface area contributed by atoms with E-state index in [9.17, 15) is 0 Å². The van der Waals surface area contributed by atoms with E-state index in [1.807, 2.05) is 36.5 Å². The van der Waals surface area contributed by atoms with Crippen molar-refractivity contribution in [2.75, 3.05) is 12.3 Å². The molecule has 0 bridgehead atoms. The molecular weight excluding hydrogens is 378 g/mol. The molecule has 0 amide bonds. The number of nitrogens with one attached hydrogen (secondary N) is 2. The Morgan fingerprint density at radius 1 is 1.16 bits per heavy atom. The summed E-state index contributed by atoms with van der Waals surface area (Å²) in [6.07, 6.45) is 22.9. The molecule has 0 radical (unpaired) electrons. The Hall–Kier alpha value is -4.03. The smallest absolute Gasteiger partial charge is 0.0706 e. The molecule has 0 saturated heterocycles. The van der Waals surface area contributed by atoms with Gasteiger partial charge in [-0.1, -0.05) is 72.7 Å². The molecule has 1 unspecified atom stereocenters. The van der Waals surface area contributed by atoms with Gasteiger partial charge in [-0.05, 0) is 58.2 Å². The highest BCUT2D eigenvalue weighted by Crippen LogP contribution is 2.38. The minimum absolute atomic E-state index is 0.246. The third-order valence-electron chi connectivity index (χ3n) is 5.64. The van der Waals surface area contributed by atoms with E-state index in [0.717, 1.165) is 29.7 Å². The molecule has 1 aliphatic carbocycles. The lowest BCUT2D eigenvalue weighted by molar-refractivity contribution is 0.940. The summed E-state index contributed by atoms with van der Waals surface area (Å²) in [6.45, 7) is 0.767. The number of dihydropyridines is 1. The summed E-state index contributed by atoms with van der Waals surface area (Å²) in [4.78, 5) is 0. The molecule has 152 valence electrons. The number of hydrogen-bond acceptors (Lipinski definition) is 3. The highest BCUT2D eigenvalue weighted by molar-refractivity contribution is 5.87. The van der Waals surface area contributed by atoms with E-state index in [4.69, 9.17) is 17.6 Å². The first kappa shape index (κ1) is 20.3. The van der Waals surface area contributed by atoms with Gasteiger partial charge in [-0.2, -0.15) is 0 Å². The van der Waals surface area contributed by atoms with E-state index in [0.29, 0.717) is 11.3 Å². The van der Waals surface area contributed by atoms with Crippen LogP contribution in [-0.4, -0.2) is 12.8 Å². The van der Waals surface area contributed by atoms with Gasteiger partial charge in [0.2, 0.25) is 0 Å². The predicted molar refractivity (Wildman–Crippen MR) is 131 cm³/mol. The van der Waals surface area contributed by atoms with Crippen molar-refractivity contribution in [3.8, 4) is 12.3 Å². The van der Waals surface area contributed by atoms with Gasteiger partial charge in [0.25, 0.3) is 0 Å². The van der Waals surface area contributed by atoms with Crippen LogP contribution in [0.15, 0.2) is 96.3 Å². The van der Waals surface area contributed by atoms with Crippen molar-refractivity contribution in [3.63, 3.8) is 0 Å². The molecule has 3 heteroatoms. The normalized spacial score (nSPS) is 17.3. The minimum Gasteiger partial charge on any atom is -0.398 e. The Morgan fingerprint density at radius 3 is 2.71 bits per heavy atom. The molecular formula is C28H25N3. The van der Waals surface area contributed by atoms with Crippen LogP contribution in [0.3, 0.4) is 0 Å². The average Bonchev–Trinajstić information content (AvgIpc) is 2.82. The number of benzene rings is 2. The molecule has 1 heterocycles. The number of terminal acetylenes is 1. The molecule has 0 fully saturated rings. The molecule has 2 aromatic rings. The number of hydrogen-bond donors (Lipinski definition) is 3. The quantitative estimate of drug-likeness (QED) is 0.358. The predicted octanol–water partition coefficient (Wildman–Crippen LogP) is 5.34. The van der Waals surface area contributed by atoms with Crippen LogP contribution in [0.4, 0.5) is 5.69 Å². The number of anilines is 1. The largest absolute Gasteiger partial charge is 0.398 e. The van der Waals surface area contributed by atoms with Crippen LogP contribution in [0, 0.1) is 17.8 Å². The zero-order valence-corrected chi connectivity index (χ0v) is 17.3. The topological polar surface area (TPSA) is 61.9 Å². The van der Waals surface area contributed by atoms with Crippen LogP contribution in [0.1, 0.15) is 34.6 Å². The van der Waals surface area contributed by atoms with Crippen LogP contribution in [-0.2, 0) is 0 Å². The van der Waals surface area contributed by atoms with E-state index in [-0.39, 0.29) is 5.92 Å². The molecule has 0 spiro atoms. The van der Waals surface area contributed by atoms with Gasteiger partial charge in [0.1, 0.15) is 0 Å². The lowest BCUT2D eigenvalue weighted by Crippen LogP contribution is -2.16. The van der Waals surface area contributed by atoms with Crippen molar-refractivity contribution in [3.05, 3.63) is 119 Å². The second-order valence-electron chi connectivity index (χ2n) is 7.54. The Bertz CT molecular complexity index is 1200. The molecule has 4 rings (SSSR count). The van der Waals surface area contributed by atoms with Gasteiger partial charge in [0.15, 0.2) is 0 Å². The monoisotopic (exact) mass is 403 g/mol. The van der Waals surface area contributed by atoms with Crippen LogP contribution in [0.5, 0.6) is 0 Å². The Balaban J connectivity index is 1.89. The molecule has 0 aromatic heterocycles. The molecule has 2 aromatic carbocycles. The van der Waals surface area contributed by atoms with Gasteiger partial charge in [-0.3, -0.25) is 0 Å². The lowest BCUT2D eigenvalue weighted by atomic mass is 9.81. The maximum Gasteiger partial charge on any atom is 0.0706 e. The molecule has 4 N–H and O–H groups in total. The summed E-state index contributed by atoms with van der Waals surface area (Å²) in [5, 5.41) is 10.8. The molecule has 2 aliphatic rings. The van der Waals surface area contributed by atoms with E-state index >= 15 is 0 Å². The highest BCUT2D eigenvalue weighted by Gasteiger charge is 2.22. The van der Waals surface area contributed by atoms with E-state index in [2.05, 4.69) is 59.8 Å². The summed E-state index contributed by atoms with van der Waals surface area (Å²) in [7, 11) is 0. The van der Waals surface area contributed by atoms with Crippen LogP contribution in [0.2, 0.25) is 0 Å².